The average Bonchev–Trinajstić information content (AvgIpc) is 2.28. The maximum Gasteiger partial charge on any atom is 0.0822 e. The van der Waals surface area contributed by atoms with Gasteiger partial charge in [0.25, 0.3) is 0 Å². The van der Waals surface area contributed by atoms with Crippen LogP contribution >= 0.6 is 15.9 Å². The number of hydrogen-bond acceptors (Lipinski definition) is 1. The van der Waals surface area contributed by atoms with Crippen molar-refractivity contribution in [1.82, 2.24) is 9.78 Å². The van der Waals surface area contributed by atoms with Crippen molar-refractivity contribution in [3.63, 3.8) is 0 Å². The van der Waals surface area contributed by atoms with Gasteiger partial charge >= 0.3 is 0 Å². The fraction of sp³-hybridized carbons (Fsp3) is 0.700. The second-order valence-corrected chi connectivity index (χ2v) is 5.11. The van der Waals surface area contributed by atoms with Crippen LogP contribution in [-0.2, 0) is 12.0 Å². The molecule has 1 aromatic rings. The van der Waals surface area contributed by atoms with Crippen molar-refractivity contribution in [1.29, 1.82) is 0 Å². The molecule has 0 aromatic carbocycles. The molecule has 1 aromatic heterocycles. The Labute approximate surface area is 88.5 Å². The van der Waals surface area contributed by atoms with Crippen molar-refractivity contribution in [2.75, 3.05) is 0 Å². The van der Waals surface area contributed by atoms with E-state index < -0.39 is 0 Å². The molecule has 2 nitrogen and oxygen atoms in total. The van der Waals surface area contributed by atoms with E-state index in [-0.39, 0.29) is 5.41 Å². The Morgan fingerprint density at radius 3 is 2.15 bits per heavy atom. The first-order chi connectivity index (χ1) is 5.88. The molecule has 13 heavy (non-hydrogen) atoms. The van der Waals surface area contributed by atoms with Crippen molar-refractivity contribution in [2.24, 2.45) is 0 Å². The van der Waals surface area contributed by atoms with E-state index in [2.05, 4.69) is 55.6 Å². The summed E-state index contributed by atoms with van der Waals surface area (Å²) in [6, 6.07) is 0. The van der Waals surface area contributed by atoms with Crippen LogP contribution in [-0.4, -0.2) is 9.78 Å². The summed E-state index contributed by atoms with van der Waals surface area (Å²) in [5.41, 5.74) is 2.48. The number of nitrogens with zero attached hydrogens (tertiary/aromatic N) is 2. The van der Waals surface area contributed by atoms with E-state index in [0.29, 0.717) is 0 Å². The number of halogens is 1. The molecule has 0 fully saturated rings. The van der Waals surface area contributed by atoms with Gasteiger partial charge in [-0.2, -0.15) is 5.10 Å². The minimum Gasteiger partial charge on any atom is -0.269 e. The third-order valence-electron chi connectivity index (χ3n) is 2.14. The Hall–Kier alpha value is -0.310. The first-order valence-electron chi connectivity index (χ1n) is 4.61. The third kappa shape index (κ3) is 1.96. The maximum atomic E-state index is 4.57. The zero-order chi connectivity index (χ0) is 10.2. The van der Waals surface area contributed by atoms with E-state index in [0.717, 1.165) is 16.7 Å². The monoisotopic (exact) mass is 244 g/mol. The first-order valence-corrected chi connectivity index (χ1v) is 5.40. The molecular weight excluding hydrogens is 228 g/mol. The molecular formula is C10H17BrN2. The predicted molar refractivity (Wildman–Crippen MR) is 59.0 cm³/mol. The summed E-state index contributed by atoms with van der Waals surface area (Å²) < 4.78 is 3.19. The smallest absolute Gasteiger partial charge is 0.0822 e. The standard InChI is InChI=1S/C10H17BrN2/c1-6-13-7(2)8(11)9(12-13)10(3,4)5/h6H2,1-5H3. The molecule has 0 amide bonds. The van der Waals surface area contributed by atoms with Crippen LogP contribution in [0, 0.1) is 6.92 Å². The zero-order valence-electron chi connectivity index (χ0n) is 8.98. The molecule has 74 valence electrons. The van der Waals surface area contributed by atoms with Gasteiger partial charge in [-0.1, -0.05) is 20.8 Å². The SMILES string of the molecule is CCn1nc(C(C)(C)C)c(Br)c1C. The Bertz CT molecular complexity index is 307. The lowest BCUT2D eigenvalue weighted by Crippen LogP contribution is -2.13. The highest BCUT2D eigenvalue weighted by atomic mass is 79.9. The third-order valence-corrected chi connectivity index (χ3v) is 3.09. The molecule has 0 aliphatic rings. The van der Waals surface area contributed by atoms with Crippen LogP contribution in [0.3, 0.4) is 0 Å². The van der Waals surface area contributed by atoms with Gasteiger partial charge in [0.1, 0.15) is 0 Å². The normalized spacial score (nSPS) is 12.2. The molecule has 0 saturated carbocycles. The van der Waals surface area contributed by atoms with Crippen LogP contribution in [0.2, 0.25) is 0 Å². The van der Waals surface area contributed by atoms with Gasteiger partial charge in [0.2, 0.25) is 0 Å². The van der Waals surface area contributed by atoms with E-state index in [1.165, 1.54) is 5.69 Å². The largest absolute Gasteiger partial charge is 0.269 e. The van der Waals surface area contributed by atoms with E-state index >= 15 is 0 Å². The summed E-state index contributed by atoms with van der Waals surface area (Å²) in [6.07, 6.45) is 0. The molecule has 1 heterocycles. The fourth-order valence-electron chi connectivity index (χ4n) is 1.31. The van der Waals surface area contributed by atoms with Crippen molar-refractivity contribution in [2.45, 2.75) is 46.6 Å². The second kappa shape index (κ2) is 3.45. The molecule has 0 unspecified atom stereocenters. The lowest BCUT2D eigenvalue weighted by Gasteiger charge is -2.15. The summed E-state index contributed by atoms with van der Waals surface area (Å²) in [4.78, 5) is 0. The highest BCUT2D eigenvalue weighted by Crippen LogP contribution is 2.30. The van der Waals surface area contributed by atoms with Gasteiger partial charge in [-0.05, 0) is 29.8 Å². The lowest BCUT2D eigenvalue weighted by molar-refractivity contribution is 0.537. The number of aryl methyl sites for hydroxylation is 1. The lowest BCUT2D eigenvalue weighted by atomic mass is 9.92. The Morgan fingerprint density at radius 2 is 1.92 bits per heavy atom. The van der Waals surface area contributed by atoms with Gasteiger partial charge in [-0.25, -0.2) is 0 Å². The van der Waals surface area contributed by atoms with Gasteiger partial charge in [0.05, 0.1) is 10.2 Å². The number of aromatic nitrogens is 2. The summed E-state index contributed by atoms with van der Waals surface area (Å²) in [7, 11) is 0. The quantitative estimate of drug-likeness (QED) is 0.742. The minimum absolute atomic E-state index is 0.115. The Kier molecular flexibility index (Phi) is 2.85. The van der Waals surface area contributed by atoms with Crippen molar-refractivity contribution in [3.05, 3.63) is 15.9 Å². The van der Waals surface area contributed by atoms with E-state index in [1.54, 1.807) is 0 Å². The number of hydrogen-bond donors (Lipinski definition) is 0. The fourth-order valence-corrected chi connectivity index (χ4v) is 2.19. The highest BCUT2D eigenvalue weighted by Gasteiger charge is 2.23. The van der Waals surface area contributed by atoms with Crippen LogP contribution in [0.1, 0.15) is 39.1 Å². The number of rotatable bonds is 1. The van der Waals surface area contributed by atoms with Crippen LogP contribution in [0.5, 0.6) is 0 Å². The molecule has 3 heteroatoms. The highest BCUT2D eigenvalue weighted by molar-refractivity contribution is 9.10. The summed E-state index contributed by atoms with van der Waals surface area (Å²) in [6.45, 7) is 11.7. The summed E-state index contributed by atoms with van der Waals surface area (Å²) in [5.74, 6) is 0. The molecule has 1 rings (SSSR count). The van der Waals surface area contributed by atoms with Crippen LogP contribution in [0.4, 0.5) is 0 Å². The molecule has 0 N–H and O–H groups in total. The van der Waals surface area contributed by atoms with Gasteiger partial charge < -0.3 is 0 Å². The van der Waals surface area contributed by atoms with Gasteiger partial charge in [-0.3, -0.25) is 4.68 Å². The molecule has 0 radical (unpaired) electrons. The van der Waals surface area contributed by atoms with Gasteiger partial charge in [0.15, 0.2) is 0 Å². The van der Waals surface area contributed by atoms with Crippen LogP contribution in [0.25, 0.3) is 0 Å². The molecule has 0 bridgehead atoms. The minimum atomic E-state index is 0.115. The van der Waals surface area contributed by atoms with Crippen LogP contribution in [0.15, 0.2) is 4.47 Å². The van der Waals surface area contributed by atoms with Gasteiger partial charge in [0, 0.05) is 17.7 Å². The van der Waals surface area contributed by atoms with E-state index in [4.69, 9.17) is 0 Å². The maximum absolute atomic E-state index is 4.57. The average molecular weight is 245 g/mol. The topological polar surface area (TPSA) is 17.8 Å². The van der Waals surface area contributed by atoms with E-state index in [1.807, 2.05) is 4.68 Å². The second-order valence-electron chi connectivity index (χ2n) is 4.31. The zero-order valence-corrected chi connectivity index (χ0v) is 10.6. The Balaban J connectivity index is 3.25. The molecule has 0 atom stereocenters. The molecule has 0 aliphatic heterocycles. The van der Waals surface area contributed by atoms with Gasteiger partial charge in [-0.15, -0.1) is 0 Å². The first kappa shape index (κ1) is 10.8. The molecule has 0 aliphatic carbocycles. The molecule has 0 saturated heterocycles. The summed E-state index contributed by atoms with van der Waals surface area (Å²) >= 11 is 3.59. The van der Waals surface area contributed by atoms with Crippen molar-refractivity contribution in [3.8, 4) is 0 Å². The van der Waals surface area contributed by atoms with Crippen molar-refractivity contribution < 1.29 is 0 Å². The Morgan fingerprint density at radius 1 is 1.38 bits per heavy atom. The summed E-state index contributed by atoms with van der Waals surface area (Å²) in [5, 5.41) is 4.57. The van der Waals surface area contributed by atoms with E-state index in [9.17, 15) is 0 Å². The molecule has 0 spiro atoms. The van der Waals surface area contributed by atoms with Crippen LogP contribution < -0.4 is 0 Å². The predicted octanol–water partition coefficient (Wildman–Crippen LogP) is 3.27. The van der Waals surface area contributed by atoms with Crippen molar-refractivity contribution >= 4 is 15.9 Å².